The number of rotatable bonds is 8. The van der Waals surface area contributed by atoms with E-state index < -0.39 is 5.76 Å². The SMILES string of the molecule is CCCCCCCCNc1cc2[nH]c(=O)oc2cc1N. The van der Waals surface area contributed by atoms with Crippen molar-refractivity contribution in [2.45, 2.75) is 45.4 Å². The van der Waals surface area contributed by atoms with Crippen molar-refractivity contribution < 1.29 is 4.42 Å². The summed E-state index contributed by atoms with van der Waals surface area (Å²) in [6, 6.07) is 3.50. The van der Waals surface area contributed by atoms with E-state index >= 15 is 0 Å². The lowest BCUT2D eigenvalue weighted by molar-refractivity contribution is 0.555. The summed E-state index contributed by atoms with van der Waals surface area (Å²) >= 11 is 0. The zero-order chi connectivity index (χ0) is 14.4. The molecule has 2 rings (SSSR count). The van der Waals surface area contributed by atoms with E-state index in [4.69, 9.17) is 10.2 Å². The summed E-state index contributed by atoms with van der Waals surface area (Å²) in [5, 5.41) is 3.32. The molecule has 1 heterocycles. The van der Waals surface area contributed by atoms with E-state index in [-0.39, 0.29) is 0 Å². The third kappa shape index (κ3) is 3.79. The largest absolute Gasteiger partial charge is 0.417 e. The smallest absolute Gasteiger partial charge is 0.408 e. The summed E-state index contributed by atoms with van der Waals surface area (Å²) in [7, 11) is 0. The van der Waals surface area contributed by atoms with Crippen LogP contribution < -0.4 is 16.8 Å². The number of anilines is 2. The summed E-state index contributed by atoms with van der Waals surface area (Å²) in [6.45, 7) is 3.12. The highest BCUT2D eigenvalue weighted by Crippen LogP contribution is 2.24. The number of benzene rings is 1. The highest BCUT2D eigenvalue weighted by atomic mass is 16.4. The third-order valence-electron chi connectivity index (χ3n) is 3.44. The molecule has 5 heteroatoms. The number of nitrogens with one attached hydrogen (secondary N) is 2. The number of hydrogen-bond donors (Lipinski definition) is 3. The molecule has 0 aliphatic carbocycles. The van der Waals surface area contributed by atoms with Gasteiger partial charge in [-0.3, -0.25) is 4.98 Å². The topological polar surface area (TPSA) is 84.0 Å². The van der Waals surface area contributed by atoms with E-state index in [1.807, 2.05) is 6.07 Å². The minimum atomic E-state index is -0.451. The first-order valence-electron chi connectivity index (χ1n) is 7.37. The number of unbranched alkanes of at least 4 members (excludes halogenated alkanes) is 5. The first-order valence-corrected chi connectivity index (χ1v) is 7.37. The summed E-state index contributed by atoms with van der Waals surface area (Å²) in [5.74, 6) is -0.451. The van der Waals surface area contributed by atoms with E-state index in [2.05, 4.69) is 17.2 Å². The van der Waals surface area contributed by atoms with Crippen LogP contribution in [-0.4, -0.2) is 11.5 Å². The first kappa shape index (κ1) is 14.5. The number of hydrogen-bond acceptors (Lipinski definition) is 4. The number of nitrogen functional groups attached to an aromatic ring is 1. The van der Waals surface area contributed by atoms with E-state index in [0.29, 0.717) is 16.8 Å². The lowest BCUT2D eigenvalue weighted by Gasteiger charge is -2.09. The number of fused-ring (bicyclic) bond motifs is 1. The van der Waals surface area contributed by atoms with E-state index in [9.17, 15) is 4.79 Å². The molecule has 4 N–H and O–H groups in total. The van der Waals surface area contributed by atoms with Gasteiger partial charge in [-0.1, -0.05) is 39.0 Å². The van der Waals surface area contributed by atoms with E-state index in [0.717, 1.165) is 18.7 Å². The fraction of sp³-hybridized carbons (Fsp3) is 0.533. The molecule has 0 saturated carbocycles. The van der Waals surface area contributed by atoms with Crippen molar-refractivity contribution in [3.63, 3.8) is 0 Å². The van der Waals surface area contributed by atoms with Crippen molar-refractivity contribution in [3.05, 3.63) is 22.7 Å². The molecule has 0 aliphatic rings. The van der Waals surface area contributed by atoms with Gasteiger partial charge >= 0.3 is 5.76 Å². The molecule has 0 saturated heterocycles. The van der Waals surface area contributed by atoms with Gasteiger partial charge in [-0.05, 0) is 12.5 Å². The predicted octanol–water partition coefficient (Wildman–Crippen LogP) is 3.48. The average molecular weight is 277 g/mol. The lowest BCUT2D eigenvalue weighted by Crippen LogP contribution is -2.04. The zero-order valence-electron chi connectivity index (χ0n) is 12.0. The van der Waals surface area contributed by atoms with Crippen LogP contribution in [0.25, 0.3) is 11.1 Å². The minimum Gasteiger partial charge on any atom is -0.408 e. The second kappa shape index (κ2) is 7.03. The second-order valence-electron chi connectivity index (χ2n) is 5.14. The Hall–Kier alpha value is -1.91. The van der Waals surface area contributed by atoms with Crippen LogP contribution in [0.4, 0.5) is 11.4 Å². The molecule has 0 bridgehead atoms. The van der Waals surface area contributed by atoms with Crippen LogP contribution in [-0.2, 0) is 0 Å². The normalized spacial score (nSPS) is 11.1. The van der Waals surface area contributed by atoms with Crippen LogP contribution in [0.5, 0.6) is 0 Å². The molecule has 0 fully saturated rings. The summed E-state index contributed by atoms with van der Waals surface area (Å²) < 4.78 is 4.97. The molecule has 0 atom stereocenters. The van der Waals surface area contributed by atoms with Gasteiger partial charge in [0.25, 0.3) is 0 Å². The van der Waals surface area contributed by atoms with Crippen molar-refractivity contribution in [1.29, 1.82) is 0 Å². The van der Waals surface area contributed by atoms with Crippen molar-refractivity contribution in [1.82, 2.24) is 4.98 Å². The summed E-state index contributed by atoms with van der Waals surface area (Å²) in [6.07, 6.45) is 7.57. The Bertz CT molecular complexity index is 601. The quantitative estimate of drug-likeness (QED) is 0.509. The van der Waals surface area contributed by atoms with Gasteiger partial charge < -0.3 is 15.5 Å². The van der Waals surface area contributed by atoms with Gasteiger partial charge in [0.05, 0.1) is 16.9 Å². The molecular formula is C15H23N3O2. The number of aromatic amines is 1. The van der Waals surface area contributed by atoms with Crippen molar-refractivity contribution >= 4 is 22.5 Å². The van der Waals surface area contributed by atoms with Crippen LogP contribution in [0.1, 0.15) is 45.4 Å². The Morgan fingerprint density at radius 2 is 1.95 bits per heavy atom. The Labute approximate surface area is 118 Å². The van der Waals surface area contributed by atoms with Gasteiger partial charge in [0, 0.05) is 12.6 Å². The Morgan fingerprint density at radius 3 is 2.75 bits per heavy atom. The van der Waals surface area contributed by atoms with Crippen LogP contribution >= 0.6 is 0 Å². The highest BCUT2D eigenvalue weighted by Gasteiger charge is 2.06. The number of H-pyrrole nitrogens is 1. The molecule has 20 heavy (non-hydrogen) atoms. The van der Waals surface area contributed by atoms with Crippen LogP contribution in [0, 0.1) is 0 Å². The Balaban J connectivity index is 1.83. The number of aromatic nitrogens is 1. The molecule has 5 nitrogen and oxygen atoms in total. The van der Waals surface area contributed by atoms with Crippen molar-refractivity contribution in [3.8, 4) is 0 Å². The lowest BCUT2D eigenvalue weighted by atomic mass is 10.1. The third-order valence-corrected chi connectivity index (χ3v) is 3.44. The predicted molar refractivity (Wildman–Crippen MR) is 83.1 cm³/mol. The molecule has 1 aromatic heterocycles. The monoisotopic (exact) mass is 277 g/mol. The summed E-state index contributed by atoms with van der Waals surface area (Å²) in [5.41, 5.74) is 8.56. The maximum absolute atomic E-state index is 11.1. The van der Waals surface area contributed by atoms with Gasteiger partial charge in [-0.15, -0.1) is 0 Å². The standard InChI is InChI=1S/C15H23N3O2/c1-2-3-4-5-6-7-8-17-12-10-13-14(9-11(12)16)20-15(19)18-13/h9-10,17H,2-8,16H2,1H3,(H,18,19). The van der Waals surface area contributed by atoms with Gasteiger partial charge in [-0.2, -0.15) is 0 Å². The van der Waals surface area contributed by atoms with Crippen molar-refractivity contribution in [2.75, 3.05) is 17.6 Å². The Kier molecular flexibility index (Phi) is 5.09. The minimum absolute atomic E-state index is 0.451. The number of oxazole rings is 1. The molecule has 0 unspecified atom stereocenters. The molecule has 0 aliphatic heterocycles. The van der Waals surface area contributed by atoms with Crippen LogP contribution in [0.2, 0.25) is 0 Å². The summed E-state index contributed by atoms with van der Waals surface area (Å²) in [4.78, 5) is 13.7. The molecule has 1 aromatic carbocycles. The van der Waals surface area contributed by atoms with Gasteiger partial charge in [0.2, 0.25) is 0 Å². The van der Waals surface area contributed by atoms with Gasteiger partial charge in [0.1, 0.15) is 0 Å². The molecule has 2 aromatic rings. The Morgan fingerprint density at radius 1 is 1.20 bits per heavy atom. The fourth-order valence-corrected chi connectivity index (χ4v) is 2.29. The zero-order valence-corrected chi connectivity index (χ0v) is 12.0. The van der Waals surface area contributed by atoms with Gasteiger partial charge in [-0.25, -0.2) is 4.79 Å². The number of nitrogens with two attached hydrogens (primary N) is 1. The molecule has 110 valence electrons. The van der Waals surface area contributed by atoms with Gasteiger partial charge in [0.15, 0.2) is 5.58 Å². The molecule has 0 radical (unpaired) electrons. The molecule has 0 amide bonds. The van der Waals surface area contributed by atoms with E-state index in [1.54, 1.807) is 6.07 Å². The second-order valence-corrected chi connectivity index (χ2v) is 5.14. The maximum Gasteiger partial charge on any atom is 0.417 e. The maximum atomic E-state index is 11.1. The van der Waals surface area contributed by atoms with Crippen molar-refractivity contribution in [2.24, 2.45) is 0 Å². The first-order chi connectivity index (χ1) is 9.70. The molecule has 0 spiro atoms. The highest BCUT2D eigenvalue weighted by molar-refractivity contribution is 5.85. The van der Waals surface area contributed by atoms with E-state index in [1.165, 1.54) is 32.1 Å². The fourth-order valence-electron chi connectivity index (χ4n) is 2.29. The average Bonchev–Trinajstić information content (AvgIpc) is 2.77. The van der Waals surface area contributed by atoms with Crippen LogP contribution in [0.3, 0.4) is 0 Å². The van der Waals surface area contributed by atoms with Crippen LogP contribution in [0.15, 0.2) is 21.3 Å². The molecular weight excluding hydrogens is 254 g/mol.